The summed E-state index contributed by atoms with van der Waals surface area (Å²) < 4.78 is 6.66. The monoisotopic (exact) mass is 381 g/mol. The van der Waals surface area contributed by atoms with Crippen LogP contribution in [0.15, 0.2) is 40.9 Å². The Morgan fingerprint density at radius 3 is 2.68 bits per heavy atom. The van der Waals surface area contributed by atoms with Gasteiger partial charge in [-0.2, -0.15) is 0 Å². The molecule has 0 radical (unpaired) electrons. The summed E-state index contributed by atoms with van der Waals surface area (Å²) in [5.74, 6) is 0.741. The van der Waals surface area contributed by atoms with Crippen LogP contribution < -0.4 is 5.32 Å². The first-order valence-corrected chi connectivity index (χ1v) is 8.42. The van der Waals surface area contributed by atoms with Crippen LogP contribution in [0.2, 0.25) is 5.15 Å². The van der Waals surface area contributed by atoms with Crippen LogP contribution >= 0.6 is 27.5 Å². The van der Waals surface area contributed by atoms with Crippen molar-refractivity contribution in [1.82, 2.24) is 10.2 Å². The van der Waals surface area contributed by atoms with Gasteiger partial charge in [-0.15, -0.1) is 10.2 Å². The first-order chi connectivity index (χ1) is 10.7. The molecule has 0 amide bonds. The Labute approximate surface area is 143 Å². The summed E-state index contributed by atoms with van der Waals surface area (Å²) in [4.78, 5) is 0. The fourth-order valence-corrected chi connectivity index (χ4v) is 3.32. The van der Waals surface area contributed by atoms with Gasteiger partial charge in [0.05, 0.1) is 0 Å². The number of hydrogen-bond acceptors (Lipinski definition) is 4. The molecule has 1 aliphatic heterocycles. The average molecular weight is 383 g/mol. The van der Waals surface area contributed by atoms with Gasteiger partial charge in [-0.3, -0.25) is 0 Å². The second-order valence-electron chi connectivity index (χ2n) is 5.50. The zero-order valence-electron chi connectivity index (χ0n) is 12.1. The Balaban J connectivity index is 1.81. The minimum atomic E-state index is 0.0450. The number of hydrogen-bond donors (Lipinski definition) is 1. The molecule has 116 valence electrons. The lowest BCUT2D eigenvalue weighted by Gasteiger charge is -2.38. The molecular formula is C16H17BrClN3O. The van der Waals surface area contributed by atoms with Crippen molar-refractivity contribution in [3.05, 3.63) is 51.6 Å². The molecule has 1 fully saturated rings. The van der Waals surface area contributed by atoms with E-state index in [4.69, 9.17) is 16.3 Å². The molecule has 1 N–H and O–H groups in total. The van der Waals surface area contributed by atoms with Gasteiger partial charge in [0.1, 0.15) is 5.82 Å². The molecule has 2 aromatic rings. The highest BCUT2D eigenvalue weighted by Gasteiger charge is 2.34. The molecule has 0 spiro atoms. The van der Waals surface area contributed by atoms with Gasteiger partial charge in [-0.05, 0) is 42.7 Å². The van der Waals surface area contributed by atoms with E-state index in [0.717, 1.165) is 42.9 Å². The summed E-state index contributed by atoms with van der Waals surface area (Å²) in [6.07, 6.45) is 1.97. The molecule has 22 heavy (non-hydrogen) atoms. The fraction of sp³-hybridized carbons (Fsp3) is 0.375. The van der Waals surface area contributed by atoms with E-state index in [0.29, 0.717) is 5.15 Å². The van der Waals surface area contributed by atoms with Crippen LogP contribution in [0, 0.1) is 0 Å². The predicted octanol–water partition coefficient (Wildman–Crippen LogP) is 4.05. The summed E-state index contributed by atoms with van der Waals surface area (Å²) in [5, 5.41) is 11.7. The first-order valence-electron chi connectivity index (χ1n) is 7.25. The number of anilines is 1. The summed E-state index contributed by atoms with van der Waals surface area (Å²) >= 11 is 9.35. The molecule has 0 saturated carbocycles. The number of halogens is 2. The van der Waals surface area contributed by atoms with Crippen molar-refractivity contribution < 1.29 is 4.74 Å². The minimum absolute atomic E-state index is 0.0450. The Kier molecular flexibility index (Phi) is 4.96. The molecule has 1 aromatic carbocycles. The molecule has 1 aliphatic rings. The second kappa shape index (κ2) is 6.94. The minimum Gasteiger partial charge on any atom is -0.381 e. The quantitative estimate of drug-likeness (QED) is 0.866. The van der Waals surface area contributed by atoms with Crippen molar-refractivity contribution in [3.63, 3.8) is 0 Å². The number of aromatic nitrogens is 2. The molecule has 0 atom stereocenters. The van der Waals surface area contributed by atoms with Crippen molar-refractivity contribution in [2.45, 2.75) is 18.3 Å². The van der Waals surface area contributed by atoms with E-state index < -0.39 is 0 Å². The smallest absolute Gasteiger partial charge is 0.151 e. The van der Waals surface area contributed by atoms with Crippen molar-refractivity contribution in [2.75, 3.05) is 25.1 Å². The summed E-state index contributed by atoms with van der Waals surface area (Å²) in [7, 11) is 0. The molecule has 3 rings (SSSR count). The Bertz CT molecular complexity index is 630. The predicted molar refractivity (Wildman–Crippen MR) is 91.4 cm³/mol. The van der Waals surface area contributed by atoms with Crippen molar-refractivity contribution in [2.24, 2.45) is 0 Å². The van der Waals surface area contributed by atoms with E-state index in [-0.39, 0.29) is 5.41 Å². The van der Waals surface area contributed by atoms with Crippen LogP contribution in [-0.4, -0.2) is 30.0 Å². The largest absolute Gasteiger partial charge is 0.381 e. The van der Waals surface area contributed by atoms with Gasteiger partial charge in [-0.1, -0.05) is 39.7 Å². The highest BCUT2D eigenvalue weighted by molar-refractivity contribution is 9.10. The van der Waals surface area contributed by atoms with Crippen LogP contribution in [0.3, 0.4) is 0 Å². The van der Waals surface area contributed by atoms with E-state index in [2.05, 4.69) is 55.7 Å². The molecule has 1 aromatic heterocycles. The van der Waals surface area contributed by atoms with Gasteiger partial charge in [-0.25, -0.2) is 0 Å². The lowest BCUT2D eigenvalue weighted by molar-refractivity contribution is 0.0543. The van der Waals surface area contributed by atoms with Gasteiger partial charge in [0.15, 0.2) is 5.15 Å². The van der Waals surface area contributed by atoms with Gasteiger partial charge in [0.2, 0.25) is 0 Å². The van der Waals surface area contributed by atoms with Gasteiger partial charge in [0.25, 0.3) is 0 Å². The number of rotatable bonds is 4. The summed E-state index contributed by atoms with van der Waals surface area (Å²) in [6, 6.07) is 12.1. The zero-order chi connectivity index (χ0) is 15.4. The maximum absolute atomic E-state index is 5.78. The van der Waals surface area contributed by atoms with Crippen LogP contribution in [0.1, 0.15) is 18.4 Å². The van der Waals surface area contributed by atoms with Gasteiger partial charge in [0, 0.05) is 29.6 Å². The lowest BCUT2D eigenvalue weighted by Crippen LogP contribution is -2.40. The van der Waals surface area contributed by atoms with Crippen molar-refractivity contribution in [3.8, 4) is 0 Å². The number of benzene rings is 1. The third kappa shape index (κ3) is 3.59. The topological polar surface area (TPSA) is 47.0 Å². The number of ether oxygens (including phenoxy) is 1. The highest BCUT2D eigenvalue weighted by Crippen LogP contribution is 2.36. The SMILES string of the molecule is Clc1ccc(NCC2(c3cccc(Br)c3)CCOCC2)nn1. The lowest BCUT2D eigenvalue weighted by atomic mass is 9.74. The van der Waals surface area contributed by atoms with E-state index in [1.807, 2.05) is 6.07 Å². The molecule has 0 aliphatic carbocycles. The summed E-state index contributed by atoms with van der Waals surface area (Å²) in [6.45, 7) is 2.35. The normalized spacial score (nSPS) is 17.2. The van der Waals surface area contributed by atoms with E-state index in [1.54, 1.807) is 6.07 Å². The van der Waals surface area contributed by atoms with Gasteiger partial charge >= 0.3 is 0 Å². The van der Waals surface area contributed by atoms with Gasteiger partial charge < -0.3 is 10.1 Å². The Hall–Kier alpha value is -1.17. The number of nitrogens with one attached hydrogen (secondary N) is 1. The third-order valence-electron chi connectivity index (χ3n) is 4.13. The standard InChI is InChI=1S/C16H17BrClN3O/c17-13-3-1-2-12(10-13)16(6-8-22-9-7-16)11-19-15-5-4-14(18)20-21-15/h1-5,10H,6-9,11H2,(H,19,21). The zero-order valence-corrected chi connectivity index (χ0v) is 14.4. The fourth-order valence-electron chi connectivity index (χ4n) is 2.82. The molecule has 0 bridgehead atoms. The average Bonchev–Trinajstić information content (AvgIpc) is 2.55. The number of nitrogens with zero attached hydrogens (tertiary/aromatic N) is 2. The van der Waals surface area contributed by atoms with E-state index in [9.17, 15) is 0 Å². The van der Waals surface area contributed by atoms with Crippen LogP contribution in [0.4, 0.5) is 5.82 Å². The molecule has 2 heterocycles. The Morgan fingerprint density at radius 1 is 1.18 bits per heavy atom. The van der Waals surface area contributed by atoms with Crippen molar-refractivity contribution >= 4 is 33.3 Å². The molecular weight excluding hydrogens is 366 g/mol. The molecule has 6 heteroatoms. The van der Waals surface area contributed by atoms with E-state index >= 15 is 0 Å². The highest BCUT2D eigenvalue weighted by atomic mass is 79.9. The molecule has 1 saturated heterocycles. The van der Waals surface area contributed by atoms with E-state index in [1.165, 1.54) is 5.56 Å². The maximum Gasteiger partial charge on any atom is 0.151 e. The Morgan fingerprint density at radius 2 is 2.00 bits per heavy atom. The second-order valence-corrected chi connectivity index (χ2v) is 6.80. The van der Waals surface area contributed by atoms with Crippen LogP contribution in [0.5, 0.6) is 0 Å². The first kappa shape index (κ1) is 15.7. The van der Waals surface area contributed by atoms with Crippen LogP contribution in [-0.2, 0) is 10.2 Å². The molecule has 4 nitrogen and oxygen atoms in total. The third-order valence-corrected chi connectivity index (χ3v) is 4.82. The summed E-state index contributed by atoms with van der Waals surface area (Å²) in [5.41, 5.74) is 1.36. The van der Waals surface area contributed by atoms with Crippen LogP contribution in [0.25, 0.3) is 0 Å². The maximum atomic E-state index is 5.78. The molecule has 0 unspecified atom stereocenters. The van der Waals surface area contributed by atoms with Crippen molar-refractivity contribution in [1.29, 1.82) is 0 Å².